The Morgan fingerprint density at radius 2 is 2.03 bits per heavy atom. The van der Waals surface area contributed by atoms with E-state index >= 15 is 0 Å². The van der Waals surface area contributed by atoms with Gasteiger partial charge in [0.25, 0.3) is 0 Å². The van der Waals surface area contributed by atoms with Gasteiger partial charge >= 0.3 is 5.97 Å². The molecule has 1 saturated heterocycles. The fourth-order valence-corrected chi connectivity index (χ4v) is 4.77. The van der Waals surface area contributed by atoms with E-state index in [9.17, 15) is 4.79 Å². The maximum absolute atomic E-state index is 12.5. The van der Waals surface area contributed by atoms with Crippen molar-refractivity contribution in [1.82, 2.24) is 9.88 Å². The molecule has 31 heavy (non-hydrogen) atoms. The van der Waals surface area contributed by atoms with Crippen molar-refractivity contribution in [1.29, 1.82) is 0 Å². The maximum atomic E-state index is 12.5. The average molecular weight is 436 g/mol. The van der Waals surface area contributed by atoms with E-state index in [0.717, 1.165) is 26.1 Å². The monoisotopic (exact) mass is 435 g/mol. The Morgan fingerprint density at radius 1 is 1.23 bits per heavy atom. The van der Waals surface area contributed by atoms with Crippen molar-refractivity contribution >= 4 is 23.1 Å². The van der Waals surface area contributed by atoms with Gasteiger partial charge in [0, 0.05) is 43.8 Å². The molecule has 4 rings (SSSR count). The Bertz CT molecular complexity index is 1000. The van der Waals surface area contributed by atoms with Crippen molar-refractivity contribution < 1.29 is 9.53 Å². The second-order valence-electron chi connectivity index (χ2n) is 8.29. The zero-order valence-corrected chi connectivity index (χ0v) is 19.1. The number of nitrogens with zero attached hydrogens (tertiary/aromatic N) is 3. The van der Waals surface area contributed by atoms with Crippen LogP contribution >= 0.6 is 11.3 Å². The summed E-state index contributed by atoms with van der Waals surface area (Å²) in [7, 11) is 2.03. The minimum Gasteiger partial charge on any atom is -0.459 e. The summed E-state index contributed by atoms with van der Waals surface area (Å²) >= 11 is 1.77. The molecule has 0 unspecified atom stereocenters. The predicted molar refractivity (Wildman–Crippen MR) is 127 cm³/mol. The first kappa shape index (κ1) is 21.5. The van der Waals surface area contributed by atoms with Gasteiger partial charge in [-0.25, -0.2) is 9.78 Å². The fraction of sp³-hybridized carbons (Fsp3) is 0.360. The molecule has 5 nitrogen and oxygen atoms in total. The van der Waals surface area contributed by atoms with Crippen LogP contribution in [-0.2, 0) is 11.3 Å². The van der Waals surface area contributed by atoms with Crippen molar-refractivity contribution in [3.05, 3.63) is 71.2 Å². The van der Waals surface area contributed by atoms with E-state index in [1.165, 1.54) is 16.0 Å². The third-order valence-electron chi connectivity index (χ3n) is 5.64. The standard InChI is InChI=1S/C25H29N3O2S/c1-18(2)30-25(29)22-6-4-13-26-24(22)27(3)21-12-14-28(17-21)16-19-8-10-20(11-9-19)23-7-5-15-31-23/h4-11,13,15,18,21H,12,14,16-17H2,1-3H3/t21-/m1/s1. The van der Waals surface area contributed by atoms with Crippen LogP contribution in [-0.4, -0.2) is 48.1 Å². The van der Waals surface area contributed by atoms with Crippen LogP contribution in [0.25, 0.3) is 10.4 Å². The summed E-state index contributed by atoms with van der Waals surface area (Å²) in [4.78, 5) is 22.9. The zero-order chi connectivity index (χ0) is 21.8. The zero-order valence-electron chi connectivity index (χ0n) is 18.3. The molecule has 0 saturated carbocycles. The van der Waals surface area contributed by atoms with E-state index in [1.807, 2.05) is 20.9 Å². The van der Waals surface area contributed by atoms with Crippen molar-refractivity contribution in [2.45, 2.75) is 39.0 Å². The Kier molecular flexibility index (Phi) is 6.68. The summed E-state index contributed by atoms with van der Waals surface area (Å²) in [6, 6.07) is 17.0. The lowest BCUT2D eigenvalue weighted by Gasteiger charge is -2.27. The van der Waals surface area contributed by atoms with Crippen LogP contribution in [0.3, 0.4) is 0 Å². The van der Waals surface area contributed by atoms with Gasteiger partial charge in [0.05, 0.1) is 6.10 Å². The first-order valence-corrected chi connectivity index (χ1v) is 11.6. The molecule has 1 aliphatic heterocycles. The van der Waals surface area contributed by atoms with Gasteiger partial charge in [0.15, 0.2) is 0 Å². The molecule has 2 aromatic heterocycles. The Morgan fingerprint density at radius 3 is 2.74 bits per heavy atom. The van der Waals surface area contributed by atoms with Gasteiger partial charge in [-0.15, -0.1) is 11.3 Å². The van der Waals surface area contributed by atoms with Crippen molar-refractivity contribution in [2.24, 2.45) is 0 Å². The smallest absolute Gasteiger partial charge is 0.342 e. The van der Waals surface area contributed by atoms with Gasteiger partial charge in [-0.2, -0.15) is 0 Å². The van der Waals surface area contributed by atoms with Gasteiger partial charge in [0.1, 0.15) is 11.4 Å². The van der Waals surface area contributed by atoms with Crippen molar-refractivity contribution in [3.8, 4) is 10.4 Å². The number of hydrogen-bond donors (Lipinski definition) is 0. The van der Waals surface area contributed by atoms with Crippen LogP contribution in [0.2, 0.25) is 0 Å². The van der Waals surface area contributed by atoms with E-state index in [2.05, 4.69) is 56.6 Å². The molecule has 0 aliphatic carbocycles. The van der Waals surface area contributed by atoms with E-state index in [-0.39, 0.29) is 12.1 Å². The molecule has 1 atom stereocenters. The van der Waals surface area contributed by atoms with E-state index in [1.54, 1.807) is 29.7 Å². The normalized spacial score (nSPS) is 16.6. The van der Waals surface area contributed by atoms with Crippen LogP contribution in [0.15, 0.2) is 60.1 Å². The largest absolute Gasteiger partial charge is 0.459 e. The molecule has 0 N–H and O–H groups in total. The molecule has 0 spiro atoms. The molecular formula is C25H29N3O2S. The molecule has 162 valence electrons. The summed E-state index contributed by atoms with van der Waals surface area (Å²) in [5.74, 6) is 0.380. The number of benzene rings is 1. The number of carbonyl (C=O) groups excluding carboxylic acids is 1. The van der Waals surface area contributed by atoms with Crippen LogP contribution < -0.4 is 4.90 Å². The Balaban J connectivity index is 1.39. The number of carbonyl (C=O) groups is 1. The van der Waals surface area contributed by atoms with Gasteiger partial charge in [-0.05, 0) is 55.0 Å². The van der Waals surface area contributed by atoms with Gasteiger partial charge in [-0.3, -0.25) is 4.90 Å². The molecule has 1 fully saturated rings. The topological polar surface area (TPSA) is 45.7 Å². The molecule has 1 aromatic carbocycles. The number of ether oxygens (including phenoxy) is 1. The van der Waals surface area contributed by atoms with Crippen LogP contribution in [0, 0.1) is 0 Å². The highest BCUT2D eigenvalue weighted by Gasteiger charge is 2.29. The lowest BCUT2D eigenvalue weighted by Crippen LogP contribution is -2.36. The molecule has 3 heterocycles. The summed E-state index contributed by atoms with van der Waals surface area (Å²) in [6.45, 7) is 6.62. The molecule has 3 aromatic rings. The van der Waals surface area contributed by atoms with E-state index in [4.69, 9.17) is 4.74 Å². The number of hydrogen-bond acceptors (Lipinski definition) is 6. The molecule has 0 radical (unpaired) electrons. The highest BCUT2D eigenvalue weighted by molar-refractivity contribution is 7.13. The average Bonchev–Trinajstić information content (AvgIpc) is 3.46. The number of esters is 1. The highest BCUT2D eigenvalue weighted by atomic mass is 32.1. The van der Waals surface area contributed by atoms with Gasteiger partial charge in [0.2, 0.25) is 0 Å². The summed E-state index contributed by atoms with van der Waals surface area (Å²) in [5, 5.41) is 2.11. The first-order valence-electron chi connectivity index (χ1n) is 10.8. The Hall–Kier alpha value is -2.70. The predicted octanol–water partition coefficient (Wildman–Crippen LogP) is 5.09. The van der Waals surface area contributed by atoms with E-state index < -0.39 is 0 Å². The molecule has 0 bridgehead atoms. The summed E-state index contributed by atoms with van der Waals surface area (Å²) < 4.78 is 5.41. The number of aromatic nitrogens is 1. The maximum Gasteiger partial charge on any atom is 0.342 e. The minimum atomic E-state index is -0.314. The number of thiophene rings is 1. The van der Waals surface area contributed by atoms with Crippen molar-refractivity contribution in [2.75, 3.05) is 25.0 Å². The van der Waals surface area contributed by atoms with Gasteiger partial charge in [-0.1, -0.05) is 30.3 Å². The van der Waals surface area contributed by atoms with Crippen LogP contribution in [0.4, 0.5) is 5.82 Å². The lowest BCUT2D eigenvalue weighted by atomic mass is 10.1. The molecular weight excluding hydrogens is 406 g/mol. The highest BCUT2D eigenvalue weighted by Crippen LogP contribution is 2.27. The minimum absolute atomic E-state index is 0.154. The molecule has 6 heteroatoms. The van der Waals surface area contributed by atoms with Crippen molar-refractivity contribution in [3.63, 3.8) is 0 Å². The number of rotatable bonds is 7. The fourth-order valence-electron chi connectivity index (χ4n) is 4.04. The lowest BCUT2D eigenvalue weighted by molar-refractivity contribution is 0.0378. The number of anilines is 1. The number of likely N-dealkylation sites (tertiary alicyclic amines) is 1. The van der Waals surface area contributed by atoms with Crippen LogP contribution in [0.5, 0.6) is 0 Å². The summed E-state index contributed by atoms with van der Waals surface area (Å²) in [5.41, 5.74) is 3.12. The quantitative estimate of drug-likeness (QED) is 0.484. The second-order valence-corrected chi connectivity index (χ2v) is 9.24. The first-order chi connectivity index (χ1) is 15.0. The third kappa shape index (κ3) is 5.14. The second kappa shape index (κ2) is 9.62. The molecule has 0 amide bonds. The number of likely N-dealkylation sites (N-methyl/N-ethyl adjacent to an activating group) is 1. The molecule has 1 aliphatic rings. The third-order valence-corrected chi connectivity index (χ3v) is 6.56. The number of pyridine rings is 1. The Labute approximate surface area is 188 Å². The van der Waals surface area contributed by atoms with E-state index in [0.29, 0.717) is 17.4 Å². The summed E-state index contributed by atoms with van der Waals surface area (Å²) in [6.07, 6.45) is 2.62. The van der Waals surface area contributed by atoms with Gasteiger partial charge < -0.3 is 9.64 Å². The van der Waals surface area contributed by atoms with Crippen LogP contribution in [0.1, 0.15) is 36.2 Å². The SMILES string of the molecule is CC(C)OC(=O)c1cccnc1N(C)[C@@H]1CCN(Cc2ccc(-c3cccs3)cc2)C1.